The second-order valence-corrected chi connectivity index (χ2v) is 7.60. The first kappa shape index (κ1) is 20.2. The number of halogens is 1. The van der Waals surface area contributed by atoms with Crippen LogP contribution in [-0.4, -0.2) is 26.6 Å². The van der Waals surface area contributed by atoms with Crippen molar-refractivity contribution in [1.82, 2.24) is 14.7 Å². The third-order valence-electron chi connectivity index (χ3n) is 4.14. The molecule has 0 saturated carbocycles. The van der Waals surface area contributed by atoms with Gasteiger partial charge in [-0.25, -0.2) is 0 Å². The molecule has 1 aromatic carbocycles. The van der Waals surface area contributed by atoms with Gasteiger partial charge in [-0.3, -0.25) is 9.48 Å². The summed E-state index contributed by atoms with van der Waals surface area (Å²) in [5, 5.41) is 5.07. The molecular weight excluding hydrogens is 346 g/mol. The lowest BCUT2D eigenvalue weighted by atomic mass is 10.1. The molecule has 2 aromatic rings. The molecule has 0 aliphatic heterocycles. The Morgan fingerprint density at radius 3 is 2.46 bits per heavy atom. The third kappa shape index (κ3) is 5.21. The second-order valence-electron chi connectivity index (χ2n) is 7.24. The molecule has 0 aliphatic carbocycles. The maximum Gasteiger partial charge on any atom is 0.247 e. The van der Waals surface area contributed by atoms with E-state index in [1.165, 1.54) is 0 Å². The molecule has 1 amide bonds. The fourth-order valence-corrected chi connectivity index (χ4v) is 3.08. The number of rotatable bonds is 7. The highest BCUT2D eigenvalue weighted by Gasteiger charge is 2.16. The van der Waals surface area contributed by atoms with Crippen molar-refractivity contribution in [2.75, 3.05) is 0 Å². The van der Waals surface area contributed by atoms with Crippen molar-refractivity contribution in [3.63, 3.8) is 0 Å². The highest BCUT2D eigenvalue weighted by molar-refractivity contribution is 6.31. The van der Waals surface area contributed by atoms with Crippen LogP contribution in [0.1, 0.15) is 44.5 Å². The SMILES string of the molecule is Cc1nn(CC(C)C)c(Cl)c1/C=C/C(=O)N(Cc1ccccc1)C(C)C. The number of hydrogen-bond donors (Lipinski definition) is 0. The van der Waals surface area contributed by atoms with Crippen LogP contribution in [-0.2, 0) is 17.9 Å². The molecule has 1 heterocycles. The van der Waals surface area contributed by atoms with Crippen molar-refractivity contribution in [3.8, 4) is 0 Å². The van der Waals surface area contributed by atoms with E-state index in [1.54, 1.807) is 16.8 Å². The Morgan fingerprint density at radius 1 is 1.23 bits per heavy atom. The van der Waals surface area contributed by atoms with Crippen molar-refractivity contribution in [1.29, 1.82) is 0 Å². The van der Waals surface area contributed by atoms with Crippen LogP contribution in [0.15, 0.2) is 36.4 Å². The van der Waals surface area contributed by atoms with E-state index in [0.717, 1.165) is 23.4 Å². The molecule has 5 heteroatoms. The van der Waals surface area contributed by atoms with Gasteiger partial charge in [-0.2, -0.15) is 5.10 Å². The van der Waals surface area contributed by atoms with Crippen LogP contribution in [0.3, 0.4) is 0 Å². The third-order valence-corrected chi connectivity index (χ3v) is 4.54. The van der Waals surface area contributed by atoms with E-state index in [1.807, 2.05) is 56.0 Å². The number of hydrogen-bond acceptors (Lipinski definition) is 2. The van der Waals surface area contributed by atoms with Gasteiger partial charge in [0, 0.05) is 30.8 Å². The maximum absolute atomic E-state index is 12.7. The van der Waals surface area contributed by atoms with Gasteiger partial charge in [0.15, 0.2) is 0 Å². The Hall–Kier alpha value is -2.07. The van der Waals surface area contributed by atoms with Gasteiger partial charge in [0.1, 0.15) is 5.15 Å². The summed E-state index contributed by atoms with van der Waals surface area (Å²) in [6, 6.07) is 10.1. The first-order valence-electron chi connectivity index (χ1n) is 9.05. The summed E-state index contributed by atoms with van der Waals surface area (Å²) < 4.78 is 1.80. The molecule has 0 radical (unpaired) electrons. The van der Waals surface area contributed by atoms with E-state index in [2.05, 4.69) is 18.9 Å². The number of aromatic nitrogens is 2. The van der Waals surface area contributed by atoms with Crippen molar-refractivity contribution in [2.45, 2.75) is 53.8 Å². The van der Waals surface area contributed by atoms with Gasteiger partial charge >= 0.3 is 0 Å². The molecule has 0 spiro atoms. The summed E-state index contributed by atoms with van der Waals surface area (Å²) in [6.45, 7) is 11.5. The van der Waals surface area contributed by atoms with Crippen molar-refractivity contribution in [3.05, 3.63) is 58.4 Å². The number of aryl methyl sites for hydroxylation is 1. The fraction of sp³-hybridized carbons (Fsp3) is 0.429. The first-order valence-corrected chi connectivity index (χ1v) is 9.43. The van der Waals surface area contributed by atoms with E-state index < -0.39 is 0 Å². The van der Waals surface area contributed by atoms with Crippen LogP contribution in [0.4, 0.5) is 0 Å². The molecule has 0 fully saturated rings. The van der Waals surface area contributed by atoms with E-state index in [-0.39, 0.29) is 11.9 Å². The normalized spacial score (nSPS) is 11.7. The van der Waals surface area contributed by atoms with Crippen LogP contribution in [0, 0.1) is 12.8 Å². The molecule has 4 nitrogen and oxygen atoms in total. The molecule has 0 N–H and O–H groups in total. The molecule has 26 heavy (non-hydrogen) atoms. The summed E-state index contributed by atoms with van der Waals surface area (Å²) in [4.78, 5) is 14.6. The quantitative estimate of drug-likeness (QED) is 0.644. The summed E-state index contributed by atoms with van der Waals surface area (Å²) in [7, 11) is 0. The molecule has 2 rings (SSSR count). The lowest BCUT2D eigenvalue weighted by Gasteiger charge is -2.25. The molecule has 0 aliphatic rings. The standard InChI is InChI=1S/C21H28ClN3O/c1-15(2)13-25-21(22)19(17(5)23-25)11-12-20(26)24(16(3)4)14-18-9-7-6-8-10-18/h6-12,15-16H,13-14H2,1-5H3/b12-11+. The number of carbonyl (C=O) groups is 1. The van der Waals surface area contributed by atoms with Gasteiger partial charge in [-0.15, -0.1) is 0 Å². The van der Waals surface area contributed by atoms with Crippen LogP contribution in [0.2, 0.25) is 5.15 Å². The van der Waals surface area contributed by atoms with Gasteiger partial charge in [0.05, 0.1) is 5.69 Å². The molecule has 0 bridgehead atoms. The zero-order valence-electron chi connectivity index (χ0n) is 16.2. The Labute approximate surface area is 161 Å². The van der Waals surface area contributed by atoms with Crippen LogP contribution < -0.4 is 0 Å². The zero-order chi connectivity index (χ0) is 19.3. The van der Waals surface area contributed by atoms with Gasteiger partial charge < -0.3 is 4.90 Å². The minimum absolute atomic E-state index is 0.0315. The number of carbonyl (C=O) groups excluding carboxylic acids is 1. The van der Waals surface area contributed by atoms with Crippen molar-refractivity contribution in [2.24, 2.45) is 5.92 Å². The zero-order valence-corrected chi connectivity index (χ0v) is 17.0. The summed E-state index contributed by atoms with van der Waals surface area (Å²) >= 11 is 6.45. The number of benzene rings is 1. The predicted octanol–water partition coefficient (Wildman–Crippen LogP) is 4.95. The molecule has 140 valence electrons. The Kier molecular flexibility index (Phi) is 7.04. The van der Waals surface area contributed by atoms with Crippen LogP contribution in [0.5, 0.6) is 0 Å². The predicted molar refractivity (Wildman–Crippen MR) is 108 cm³/mol. The highest BCUT2D eigenvalue weighted by atomic mass is 35.5. The lowest BCUT2D eigenvalue weighted by Crippen LogP contribution is -2.35. The largest absolute Gasteiger partial charge is 0.332 e. The van der Waals surface area contributed by atoms with E-state index >= 15 is 0 Å². The van der Waals surface area contributed by atoms with E-state index in [4.69, 9.17) is 11.6 Å². The molecule has 1 aromatic heterocycles. The van der Waals surface area contributed by atoms with Crippen LogP contribution in [0.25, 0.3) is 6.08 Å². The van der Waals surface area contributed by atoms with Gasteiger partial charge in [0.2, 0.25) is 5.91 Å². The summed E-state index contributed by atoms with van der Waals surface area (Å²) in [5.74, 6) is 0.420. The Bertz CT molecular complexity index is 763. The average Bonchev–Trinajstić information content (AvgIpc) is 2.84. The van der Waals surface area contributed by atoms with Gasteiger partial charge in [-0.1, -0.05) is 55.8 Å². The molecule has 0 saturated heterocycles. The number of nitrogens with zero attached hydrogens (tertiary/aromatic N) is 3. The molecular formula is C21H28ClN3O. The van der Waals surface area contributed by atoms with Crippen LogP contribution >= 0.6 is 11.6 Å². The lowest BCUT2D eigenvalue weighted by molar-refractivity contribution is -0.128. The minimum atomic E-state index is -0.0315. The fourth-order valence-electron chi connectivity index (χ4n) is 2.77. The average molecular weight is 374 g/mol. The monoisotopic (exact) mass is 373 g/mol. The van der Waals surface area contributed by atoms with Gasteiger partial charge in [-0.05, 0) is 38.3 Å². The first-order chi connectivity index (χ1) is 12.3. The van der Waals surface area contributed by atoms with Crippen molar-refractivity contribution < 1.29 is 4.79 Å². The van der Waals surface area contributed by atoms with Gasteiger partial charge in [0.25, 0.3) is 0 Å². The Morgan fingerprint density at radius 2 is 1.88 bits per heavy atom. The van der Waals surface area contributed by atoms with E-state index in [9.17, 15) is 4.79 Å². The highest BCUT2D eigenvalue weighted by Crippen LogP contribution is 2.22. The smallest absolute Gasteiger partial charge is 0.247 e. The molecule has 0 atom stereocenters. The summed E-state index contributed by atoms with van der Waals surface area (Å²) in [6.07, 6.45) is 3.38. The van der Waals surface area contributed by atoms with E-state index in [0.29, 0.717) is 17.6 Å². The second kappa shape index (κ2) is 9.04. The number of amides is 1. The topological polar surface area (TPSA) is 38.1 Å². The maximum atomic E-state index is 12.7. The minimum Gasteiger partial charge on any atom is -0.332 e. The van der Waals surface area contributed by atoms with Crippen molar-refractivity contribution >= 4 is 23.6 Å². The summed E-state index contributed by atoms with van der Waals surface area (Å²) in [5.41, 5.74) is 2.75. The molecule has 0 unspecified atom stereocenters. The Balaban J connectivity index is 2.17.